The van der Waals surface area contributed by atoms with Gasteiger partial charge in [-0.25, -0.2) is 4.79 Å². The van der Waals surface area contributed by atoms with Crippen molar-refractivity contribution in [2.24, 2.45) is 0 Å². The molecule has 0 spiro atoms. The fourth-order valence-corrected chi connectivity index (χ4v) is 2.10. The van der Waals surface area contributed by atoms with Crippen molar-refractivity contribution in [3.63, 3.8) is 0 Å². The molecule has 0 unspecified atom stereocenters. The summed E-state index contributed by atoms with van der Waals surface area (Å²) < 4.78 is 10.6. The average Bonchev–Trinajstić information content (AvgIpc) is 2.56. The number of rotatable bonds is 6. The lowest BCUT2D eigenvalue weighted by Gasteiger charge is -2.14. The lowest BCUT2D eigenvalue weighted by molar-refractivity contribution is -0.123. The number of esters is 1. The van der Waals surface area contributed by atoms with Crippen LogP contribution in [-0.4, -0.2) is 24.6 Å². The van der Waals surface area contributed by atoms with Crippen LogP contribution in [0.1, 0.15) is 29.8 Å². The summed E-state index contributed by atoms with van der Waals surface area (Å²) in [7, 11) is 0. The topological polar surface area (TPSA) is 64.6 Å². The Morgan fingerprint density at radius 2 is 1.83 bits per heavy atom. The van der Waals surface area contributed by atoms with Crippen LogP contribution in [0.5, 0.6) is 5.75 Å². The van der Waals surface area contributed by atoms with Gasteiger partial charge in [-0.1, -0.05) is 17.7 Å². The summed E-state index contributed by atoms with van der Waals surface area (Å²) in [5, 5.41) is 2.71. The maximum Gasteiger partial charge on any atom is 0.338 e. The SMILES string of the molecule is CCOc1ccc(NC(=O)[C@H](C)OC(=O)c2cccc(C)c2)cc1. The van der Waals surface area contributed by atoms with Crippen LogP contribution in [0.15, 0.2) is 48.5 Å². The normalized spacial score (nSPS) is 11.5. The number of nitrogens with one attached hydrogen (secondary N) is 1. The predicted molar refractivity (Wildman–Crippen MR) is 92.3 cm³/mol. The van der Waals surface area contributed by atoms with Gasteiger partial charge in [0.15, 0.2) is 6.10 Å². The number of hydrogen-bond donors (Lipinski definition) is 1. The number of ether oxygens (including phenoxy) is 2. The van der Waals surface area contributed by atoms with Gasteiger partial charge in [-0.3, -0.25) is 4.79 Å². The summed E-state index contributed by atoms with van der Waals surface area (Å²) in [6.45, 7) is 5.91. The minimum absolute atomic E-state index is 0.389. The lowest BCUT2D eigenvalue weighted by Crippen LogP contribution is -2.30. The molecule has 1 atom stereocenters. The van der Waals surface area contributed by atoms with E-state index in [1.807, 2.05) is 19.9 Å². The molecule has 2 aromatic carbocycles. The van der Waals surface area contributed by atoms with E-state index in [0.29, 0.717) is 17.9 Å². The fourth-order valence-electron chi connectivity index (χ4n) is 2.10. The number of aryl methyl sites for hydroxylation is 1. The minimum atomic E-state index is -0.899. The maximum atomic E-state index is 12.1. The second-order valence-electron chi connectivity index (χ2n) is 5.36. The molecule has 1 amide bonds. The highest BCUT2D eigenvalue weighted by Gasteiger charge is 2.19. The number of anilines is 1. The zero-order valence-corrected chi connectivity index (χ0v) is 14.0. The molecule has 5 heteroatoms. The van der Waals surface area contributed by atoms with E-state index in [9.17, 15) is 9.59 Å². The molecule has 1 N–H and O–H groups in total. The first-order chi connectivity index (χ1) is 11.5. The quantitative estimate of drug-likeness (QED) is 0.824. The zero-order valence-electron chi connectivity index (χ0n) is 14.0. The second-order valence-corrected chi connectivity index (χ2v) is 5.36. The molecule has 0 heterocycles. The van der Waals surface area contributed by atoms with Gasteiger partial charge in [0.25, 0.3) is 5.91 Å². The molecule has 126 valence electrons. The first kappa shape index (κ1) is 17.5. The van der Waals surface area contributed by atoms with Crippen molar-refractivity contribution in [1.29, 1.82) is 0 Å². The van der Waals surface area contributed by atoms with Gasteiger partial charge in [-0.15, -0.1) is 0 Å². The molecule has 0 aromatic heterocycles. The van der Waals surface area contributed by atoms with E-state index in [1.165, 1.54) is 6.92 Å². The van der Waals surface area contributed by atoms with Crippen LogP contribution in [0, 0.1) is 6.92 Å². The van der Waals surface area contributed by atoms with Crippen LogP contribution in [0.3, 0.4) is 0 Å². The Morgan fingerprint density at radius 1 is 1.12 bits per heavy atom. The highest BCUT2D eigenvalue weighted by atomic mass is 16.5. The third-order valence-electron chi connectivity index (χ3n) is 3.34. The Hall–Kier alpha value is -2.82. The molecule has 0 bridgehead atoms. The third kappa shape index (κ3) is 4.84. The smallest absolute Gasteiger partial charge is 0.338 e. The van der Waals surface area contributed by atoms with Gasteiger partial charge in [0.05, 0.1) is 12.2 Å². The van der Waals surface area contributed by atoms with Crippen LogP contribution >= 0.6 is 0 Å². The Bertz CT molecular complexity index is 710. The summed E-state index contributed by atoms with van der Waals surface area (Å²) in [6.07, 6.45) is -0.899. The largest absolute Gasteiger partial charge is 0.494 e. The van der Waals surface area contributed by atoms with Gasteiger partial charge in [0.2, 0.25) is 0 Å². The predicted octanol–water partition coefficient (Wildman–Crippen LogP) is 3.58. The molecular formula is C19H21NO4. The molecule has 0 aliphatic carbocycles. The van der Waals surface area contributed by atoms with Gasteiger partial charge < -0.3 is 14.8 Å². The molecule has 24 heavy (non-hydrogen) atoms. The summed E-state index contributed by atoms with van der Waals surface area (Å²) in [5.41, 5.74) is 1.99. The van der Waals surface area contributed by atoms with Crippen LogP contribution in [0.4, 0.5) is 5.69 Å². The molecule has 0 aliphatic heterocycles. The number of amides is 1. The van der Waals surface area contributed by atoms with E-state index in [-0.39, 0.29) is 5.91 Å². The first-order valence-corrected chi connectivity index (χ1v) is 7.81. The summed E-state index contributed by atoms with van der Waals surface area (Å²) in [4.78, 5) is 24.2. The van der Waals surface area contributed by atoms with Crippen molar-refractivity contribution in [3.05, 3.63) is 59.7 Å². The highest BCUT2D eigenvalue weighted by molar-refractivity contribution is 5.97. The molecule has 0 fully saturated rings. The van der Waals surface area contributed by atoms with E-state index >= 15 is 0 Å². The Labute approximate surface area is 141 Å². The van der Waals surface area contributed by atoms with Crippen molar-refractivity contribution < 1.29 is 19.1 Å². The minimum Gasteiger partial charge on any atom is -0.494 e. The summed E-state index contributed by atoms with van der Waals surface area (Å²) in [6, 6.07) is 14.0. The fraction of sp³-hybridized carbons (Fsp3) is 0.263. The molecule has 0 saturated heterocycles. The first-order valence-electron chi connectivity index (χ1n) is 7.81. The maximum absolute atomic E-state index is 12.1. The van der Waals surface area contributed by atoms with E-state index < -0.39 is 12.1 Å². The number of carbonyl (C=O) groups excluding carboxylic acids is 2. The van der Waals surface area contributed by atoms with Crippen molar-refractivity contribution in [2.45, 2.75) is 26.9 Å². The van der Waals surface area contributed by atoms with E-state index in [1.54, 1.807) is 42.5 Å². The van der Waals surface area contributed by atoms with E-state index in [2.05, 4.69) is 5.32 Å². The average molecular weight is 327 g/mol. The van der Waals surface area contributed by atoms with Gasteiger partial charge in [-0.2, -0.15) is 0 Å². The molecule has 0 saturated carbocycles. The number of hydrogen-bond acceptors (Lipinski definition) is 4. The third-order valence-corrected chi connectivity index (χ3v) is 3.34. The van der Waals surface area contributed by atoms with Crippen LogP contribution in [0.2, 0.25) is 0 Å². The Morgan fingerprint density at radius 3 is 2.46 bits per heavy atom. The molecular weight excluding hydrogens is 306 g/mol. The van der Waals surface area contributed by atoms with Crippen molar-refractivity contribution in [2.75, 3.05) is 11.9 Å². The van der Waals surface area contributed by atoms with Gasteiger partial charge in [-0.05, 0) is 57.2 Å². The molecule has 0 aliphatic rings. The van der Waals surface area contributed by atoms with Crippen molar-refractivity contribution in [1.82, 2.24) is 0 Å². The monoisotopic (exact) mass is 327 g/mol. The van der Waals surface area contributed by atoms with Crippen LogP contribution in [0.25, 0.3) is 0 Å². The van der Waals surface area contributed by atoms with Crippen LogP contribution in [-0.2, 0) is 9.53 Å². The molecule has 5 nitrogen and oxygen atoms in total. The van der Waals surface area contributed by atoms with Gasteiger partial charge in [0, 0.05) is 5.69 Å². The number of benzene rings is 2. The van der Waals surface area contributed by atoms with E-state index in [4.69, 9.17) is 9.47 Å². The summed E-state index contributed by atoms with van der Waals surface area (Å²) >= 11 is 0. The molecule has 2 aromatic rings. The van der Waals surface area contributed by atoms with Gasteiger partial charge in [0.1, 0.15) is 5.75 Å². The zero-order chi connectivity index (χ0) is 17.5. The van der Waals surface area contributed by atoms with Gasteiger partial charge >= 0.3 is 5.97 Å². The highest BCUT2D eigenvalue weighted by Crippen LogP contribution is 2.16. The lowest BCUT2D eigenvalue weighted by atomic mass is 10.1. The van der Waals surface area contributed by atoms with E-state index in [0.717, 1.165) is 11.3 Å². The number of carbonyl (C=O) groups is 2. The second kappa shape index (κ2) is 8.15. The Kier molecular flexibility index (Phi) is 5.95. The van der Waals surface area contributed by atoms with Crippen molar-refractivity contribution in [3.8, 4) is 5.75 Å². The summed E-state index contributed by atoms with van der Waals surface area (Å²) in [5.74, 6) is -0.178. The standard InChI is InChI=1S/C19H21NO4/c1-4-23-17-10-8-16(9-11-17)20-18(21)14(3)24-19(22)15-7-5-6-13(2)12-15/h5-12,14H,4H2,1-3H3,(H,20,21)/t14-/m0/s1. The van der Waals surface area contributed by atoms with Crippen molar-refractivity contribution >= 4 is 17.6 Å². The molecule has 0 radical (unpaired) electrons. The molecule has 2 rings (SSSR count). The Balaban J connectivity index is 1.93. The van der Waals surface area contributed by atoms with Crippen LogP contribution < -0.4 is 10.1 Å².